The Kier molecular flexibility index (Phi) is 5.56. The van der Waals surface area contributed by atoms with Crippen LogP contribution in [0, 0.1) is 5.92 Å². The highest BCUT2D eigenvalue weighted by Crippen LogP contribution is 2.27. The van der Waals surface area contributed by atoms with Crippen molar-refractivity contribution in [1.29, 1.82) is 0 Å². The summed E-state index contributed by atoms with van der Waals surface area (Å²) in [5, 5.41) is 13.5. The van der Waals surface area contributed by atoms with Gasteiger partial charge < -0.3 is 10.4 Å². The summed E-state index contributed by atoms with van der Waals surface area (Å²) >= 11 is 0. The Morgan fingerprint density at radius 3 is 2.17 bits per heavy atom. The number of nitrogens with one attached hydrogen (secondary N) is 1. The van der Waals surface area contributed by atoms with Gasteiger partial charge in [0.1, 0.15) is 0 Å². The molecule has 0 aliphatic carbocycles. The molecule has 0 spiro atoms. The zero-order chi connectivity index (χ0) is 16.9. The smallest absolute Gasteiger partial charge is 0.222 e. The molecule has 3 heteroatoms. The lowest BCUT2D eigenvalue weighted by molar-refractivity contribution is -0.124. The largest absolute Gasteiger partial charge is 0.385 e. The normalized spacial score (nSPS) is 13.6. The summed E-state index contributed by atoms with van der Waals surface area (Å²) in [4.78, 5) is 11.6. The van der Waals surface area contributed by atoms with Gasteiger partial charge in [-0.1, -0.05) is 68.4 Å². The van der Waals surface area contributed by atoms with E-state index in [9.17, 15) is 9.90 Å². The van der Waals surface area contributed by atoms with E-state index in [-0.39, 0.29) is 11.8 Å². The number of hydrogen-bond donors (Lipinski definition) is 2. The van der Waals surface area contributed by atoms with E-state index in [0.29, 0.717) is 13.0 Å². The lowest BCUT2D eigenvalue weighted by Crippen LogP contribution is -2.33. The van der Waals surface area contributed by atoms with Crippen molar-refractivity contribution < 1.29 is 9.90 Å². The predicted molar refractivity (Wildman–Crippen MR) is 93.9 cm³/mol. The molecule has 122 valence electrons. The second kappa shape index (κ2) is 7.42. The molecule has 1 atom stereocenters. The van der Waals surface area contributed by atoms with Crippen LogP contribution < -0.4 is 5.32 Å². The van der Waals surface area contributed by atoms with E-state index < -0.39 is 5.60 Å². The Morgan fingerprint density at radius 1 is 1.04 bits per heavy atom. The lowest BCUT2D eigenvalue weighted by atomic mass is 9.91. The Morgan fingerprint density at radius 2 is 1.61 bits per heavy atom. The molecule has 0 aliphatic heterocycles. The Balaban J connectivity index is 2.01. The summed E-state index contributed by atoms with van der Waals surface area (Å²) in [5.41, 5.74) is 2.18. The van der Waals surface area contributed by atoms with Crippen LogP contribution in [-0.4, -0.2) is 17.6 Å². The molecule has 2 aromatic carbocycles. The highest BCUT2D eigenvalue weighted by Gasteiger charge is 2.23. The summed E-state index contributed by atoms with van der Waals surface area (Å²) in [6.45, 7) is 5.96. The van der Waals surface area contributed by atoms with E-state index in [1.54, 1.807) is 6.92 Å². The third-order valence-electron chi connectivity index (χ3n) is 4.05. The highest BCUT2D eigenvalue weighted by atomic mass is 16.3. The maximum atomic E-state index is 11.6. The molecule has 0 heterocycles. The van der Waals surface area contributed by atoms with Crippen LogP contribution in [0.1, 0.15) is 32.8 Å². The van der Waals surface area contributed by atoms with E-state index in [1.165, 1.54) is 0 Å². The third kappa shape index (κ3) is 4.67. The van der Waals surface area contributed by atoms with Crippen molar-refractivity contribution in [3.05, 3.63) is 60.2 Å². The second-order valence-corrected chi connectivity index (χ2v) is 6.41. The van der Waals surface area contributed by atoms with Crippen LogP contribution in [0.15, 0.2) is 54.6 Å². The first-order valence-electron chi connectivity index (χ1n) is 8.06. The number of carbonyl (C=O) groups excluding carboxylic acids is 1. The van der Waals surface area contributed by atoms with Gasteiger partial charge in [0.15, 0.2) is 0 Å². The SMILES string of the molecule is CC(C)C(=O)NCCC(C)(O)c1ccc(-c2ccccc2)cc1. The molecule has 0 saturated heterocycles. The highest BCUT2D eigenvalue weighted by molar-refractivity contribution is 5.77. The van der Waals surface area contributed by atoms with E-state index in [4.69, 9.17) is 0 Å². The Hall–Kier alpha value is -2.13. The number of benzene rings is 2. The molecule has 0 aromatic heterocycles. The molecule has 1 unspecified atom stereocenters. The van der Waals surface area contributed by atoms with Crippen LogP contribution in [0.25, 0.3) is 11.1 Å². The molecule has 1 amide bonds. The van der Waals surface area contributed by atoms with Gasteiger partial charge in [-0.25, -0.2) is 0 Å². The number of amides is 1. The van der Waals surface area contributed by atoms with Gasteiger partial charge in [-0.15, -0.1) is 0 Å². The van der Waals surface area contributed by atoms with Crippen LogP contribution in [0.4, 0.5) is 0 Å². The first-order valence-corrected chi connectivity index (χ1v) is 8.06. The van der Waals surface area contributed by atoms with Crippen molar-refractivity contribution in [2.45, 2.75) is 32.8 Å². The fourth-order valence-corrected chi connectivity index (χ4v) is 2.43. The van der Waals surface area contributed by atoms with Crippen LogP contribution in [0.3, 0.4) is 0 Å². The molecule has 2 rings (SSSR count). The van der Waals surface area contributed by atoms with E-state index in [1.807, 2.05) is 56.3 Å². The molecule has 0 aliphatic rings. The monoisotopic (exact) mass is 311 g/mol. The number of hydrogen-bond acceptors (Lipinski definition) is 2. The molecular formula is C20H25NO2. The molecular weight excluding hydrogens is 286 g/mol. The van der Waals surface area contributed by atoms with E-state index in [2.05, 4.69) is 17.4 Å². The molecule has 0 radical (unpaired) electrons. The zero-order valence-electron chi connectivity index (χ0n) is 14.0. The van der Waals surface area contributed by atoms with Gasteiger partial charge in [0.2, 0.25) is 5.91 Å². The van der Waals surface area contributed by atoms with Crippen molar-refractivity contribution in [3.63, 3.8) is 0 Å². The Bertz CT molecular complexity index is 630. The van der Waals surface area contributed by atoms with E-state index in [0.717, 1.165) is 16.7 Å². The lowest BCUT2D eigenvalue weighted by Gasteiger charge is -2.24. The topological polar surface area (TPSA) is 49.3 Å². The summed E-state index contributed by atoms with van der Waals surface area (Å²) in [6.07, 6.45) is 0.482. The summed E-state index contributed by atoms with van der Waals surface area (Å²) in [7, 11) is 0. The minimum Gasteiger partial charge on any atom is -0.385 e. The fraction of sp³-hybridized carbons (Fsp3) is 0.350. The third-order valence-corrected chi connectivity index (χ3v) is 4.05. The number of aliphatic hydroxyl groups is 1. The van der Waals surface area contributed by atoms with Gasteiger partial charge in [0, 0.05) is 12.5 Å². The molecule has 0 saturated carbocycles. The zero-order valence-corrected chi connectivity index (χ0v) is 14.0. The van der Waals surface area contributed by atoms with Gasteiger partial charge in [-0.2, -0.15) is 0 Å². The minimum absolute atomic E-state index is 0.0141. The minimum atomic E-state index is -0.959. The van der Waals surface area contributed by atoms with Crippen LogP contribution >= 0.6 is 0 Å². The summed E-state index contributed by atoms with van der Waals surface area (Å²) < 4.78 is 0. The van der Waals surface area contributed by atoms with Gasteiger partial charge in [-0.05, 0) is 30.0 Å². The molecule has 23 heavy (non-hydrogen) atoms. The maximum absolute atomic E-state index is 11.6. The van der Waals surface area contributed by atoms with Crippen molar-refractivity contribution in [3.8, 4) is 11.1 Å². The van der Waals surface area contributed by atoms with Crippen LogP contribution in [-0.2, 0) is 10.4 Å². The van der Waals surface area contributed by atoms with Crippen molar-refractivity contribution in [2.75, 3.05) is 6.54 Å². The van der Waals surface area contributed by atoms with Crippen LogP contribution in [0.2, 0.25) is 0 Å². The molecule has 3 nitrogen and oxygen atoms in total. The van der Waals surface area contributed by atoms with Crippen LogP contribution in [0.5, 0.6) is 0 Å². The van der Waals surface area contributed by atoms with Gasteiger partial charge in [0.05, 0.1) is 5.60 Å². The molecule has 2 N–H and O–H groups in total. The second-order valence-electron chi connectivity index (χ2n) is 6.41. The number of rotatable bonds is 6. The van der Waals surface area contributed by atoms with Gasteiger partial charge in [-0.3, -0.25) is 4.79 Å². The maximum Gasteiger partial charge on any atom is 0.222 e. The average Bonchev–Trinajstić information content (AvgIpc) is 2.55. The average molecular weight is 311 g/mol. The Labute approximate surface area is 138 Å². The summed E-state index contributed by atoms with van der Waals surface area (Å²) in [6, 6.07) is 18.1. The molecule has 0 bridgehead atoms. The van der Waals surface area contributed by atoms with Gasteiger partial charge in [0.25, 0.3) is 0 Å². The quantitative estimate of drug-likeness (QED) is 0.854. The van der Waals surface area contributed by atoms with Crippen molar-refractivity contribution in [2.24, 2.45) is 5.92 Å². The molecule has 0 fully saturated rings. The van der Waals surface area contributed by atoms with Crippen molar-refractivity contribution in [1.82, 2.24) is 5.32 Å². The predicted octanol–water partition coefficient (Wildman–Crippen LogP) is 3.72. The number of carbonyl (C=O) groups is 1. The van der Waals surface area contributed by atoms with Gasteiger partial charge >= 0.3 is 0 Å². The van der Waals surface area contributed by atoms with Crippen molar-refractivity contribution >= 4 is 5.91 Å². The first kappa shape index (κ1) is 17.2. The molecule has 2 aromatic rings. The summed E-state index contributed by atoms with van der Waals surface area (Å²) in [5.74, 6) is -0.0228. The first-order chi connectivity index (χ1) is 10.9. The standard InChI is InChI=1S/C20H25NO2/c1-15(2)19(22)21-14-13-20(3,23)18-11-9-17(10-12-18)16-7-5-4-6-8-16/h4-12,15,23H,13-14H2,1-3H3,(H,21,22). The van der Waals surface area contributed by atoms with E-state index >= 15 is 0 Å². The fourth-order valence-electron chi connectivity index (χ4n) is 2.43.